The van der Waals surface area contributed by atoms with Crippen molar-refractivity contribution in [1.29, 1.82) is 0 Å². The zero-order valence-electron chi connectivity index (χ0n) is 5.60. The third kappa shape index (κ3) is 3.29. The first-order valence-electron chi connectivity index (χ1n) is 2.60. The van der Waals surface area contributed by atoms with Gasteiger partial charge in [0.05, 0.1) is 0 Å². The number of nitrogens with two attached hydrogens (primary N) is 1. The van der Waals surface area contributed by atoms with Crippen LogP contribution in [0.4, 0.5) is 0 Å². The molecule has 0 amide bonds. The van der Waals surface area contributed by atoms with Crippen molar-refractivity contribution in [2.24, 2.45) is 5.73 Å². The molecule has 0 radical (unpaired) electrons. The molecule has 8 heavy (non-hydrogen) atoms. The largest absolute Gasteiger partial charge is 0.355 e. The molecule has 0 rings (SSSR count). The average Bonchev–Trinajstić information content (AvgIpc) is 1.67. The second-order valence-corrected chi connectivity index (χ2v) is 3.33. The van der Waals surface area contributed by atoms with Crippen LogP contribution in [0.3, 0.4) is 0 Å². The summed E-state index contributed by atoms with van der Waals surface area (Å²) in [4.78, 5) is 0. The van der Waals surface area contributed by atoms with Gasteiger partial charge in [0, 0.05) is 7.11 Å². The molecule has 1 unspecified atom stereocenters. The molecule has 2 nitrogen and oxygen atoms in total. The minimum Gasteiger partial charge on any atom is -0.355 e. The third-order valence-corrected chi connectivity index (χ3v) is 1.86. The van der Waals surface area contributed by atoms with Gasteiger partial charge in [-0.25, -0.2) is 0 Å². The molecule has 1 atom stereocenters. The maximum absolute atomic E-state index is 5.57. The maximum atomic E-state index is 5.57. The van der Waals surface area contributed by atoms with E-state index in [-0.39, 0.29) is 0 Å². The quantitative estimate of drug-likeness (QED) is 0.587. The van der Waals surface area contributed by atoms with Gasteiger partial charge in [-0.15, -0.1) is 11.8 Å². The standard InChI is InChI=1S/C5H13NOS/c1-4-8-5(2,6)7-3/h4,6H2,1-3H3. The van der Waals surface area contributed by atoms with Gasteiger partial charge in [-0.3, -0.25) is 5.73 Å². The molecule has 2 N–H and O–H groups in total. The summed E-state index contributed by atoms with van der Waals surface area (Å²) < 4.78 is 4.92. The Morgan fingerprint density at radius 2 is 2.25 bits per heavy atom. The van der Waals surface area contributed by atoms with Crippen molar-refractivity contribution in [2.45, 2.75) is 18.9 Å². The van der Waals surface area contributed by atoms with E-state index < -0.39 is 5.06 Å². The Hall–Kier alpha value is 0.270. The summed E-state index contributed by atoms with van der Waals surface area (Å²) in [6.07, 6.45) is 0. The molecule has 0 aromatic heterocycles. The van der Waals surface area contributed by atoms with Gasteiger partial charge in [-0.05, 0) is 12.7 Å². The van der Waals surface area contributed by atoms with E-state index in [9.17, 15) is 0 Å². The summed E-state index contributed by atoms with van der Waals surface area (Å²) in [5, 5.41) is -0.491. The Morgan fingerprint density at radius 1 is 1.75 bits per heavy atom. The Kier molecular flexibility index (Phi) is 3.44. The number of hydrogen-bond donors (Lipinski definition) is 1. The zero-order chi connectivity index (χ0) is 6.62. The monoisotopic (exact) mass is 135 g/mol. The first kappa shape index (κ1) is 8.27. The summed E-state index contributed by atoms with van der Waals surface area (Å²) in [7, 11) is 1.61. The minimum absolute atomic E-state index is 0.491. The number of thioether (sulfide) groups is 1. The van der Waals surface area contributed by atoms with Crippen LogP contribution >= 0.6 is 11.8 Å². The Labute approximate surface area is 54.8 Å². The lowest BCUT2D eigenvalue weighted by Gasteiger charge is -2.20. The number of rotatable bonds is 3. The van der Waals surface area contributed by atoms with Gasteiger partial charge in [0.1, 0.15) is 0 Å². The molecular formula is C5H13NOS. The van der Waals surface area contributed by atoms with Crippen LogP contribution < -0.4 is 5.73 Å². The first-order valence-corrected chi connectivity index (χ1v) is 3.59. The summed E-state index contributed by atoms with van der Waals surface area (Å²) in [6.45, 7) is 3.90. The van der Waals surface area contributed by atoms with E-state index in [1.54, 1.807) is 18.9 Å². The van der Waals surface area contributed by atoms with E-state index in [0.29, 0.717) is 0 Å². The van der Waals surface area contributed by atoms with Crippen LogP contribution in [0.1, 0.15) is 13.8 Å². The predicted molar refractivity (Wildman–Crippen MR) is 37.7 cm³/mol. The normalized spacial score (nSPS) is 18.0. The molecule has 3 heteroatoms. The van der Waals surface area contributed by atoms with E-state index in [1.807, 2.05) is 6.92 Å². The molecule has 0 saturated heterocycles. The van der Waals surface area contributed by atoms with E-state index in [0.717, 1.165) is 5.75 Å². The fourth-order valence-electron chi connectivity index (χ4n) is 0.346. The molecule has 0 aliphatic carbocycles. The lowest BCUT2D eigenvalue weighted by Crippen LogP contribution is -2.34. The van der Waals surface area contributed by atoms with Crippen LogP contribution in [-0.2, 0) is 4.74 Å². The number of hydrogen-bond acceptors (Lipinski definition) is 3. The fourth-order valence-corrected chi connectivity index (χ4v) is 1.04. The Bertz CT molecular complexity index is 65.4. The highest BCUT2D eigenvalue weighted by atomic mass is 32.2. The maximum Gasteiger partial charge on any atom is 0.161 e. The zero-order valence-corrected chi connectivity index (χ0v) is 6.42. The minimum atomic E-state index is -0.491. The van der Waals surface area contributed by atoms with Gasteiger partial charge in [0.15, 0.2) is 5.06 Å². The van der Waals surface area contributed by atoms with Crippen molar-refractivity contribution in [3.63, 3.8) is 0 Å². The average molecular weight is 135 g/mol. The van der Waals surface area contributed by atoms with Gasteiger partial charge in [0.25, 0.3) is 0 Å². The topological polar surface area (TPSA) is 35.2 Å². The van der Waals surface area contributed by atoms with E-state index in [1.165, 1.54) is 0 Å². The van der Waals surface area contributed by atoms with Gasteiger partial charge in [-0.2, -0.15) is 0 Å². The molecule has 0 aromatic rings. The van der Waals surface area contributed by atoms with Crippen LogP contribution in [0, 0.1) is 0 Å². The summed E-state index contributed by atoms with van der Waals surface area (Å²) in [5.41, 5.74) is 5.57. The fraction of sp³-hybridized carbons (Fsp3) is 1.00. The number of ether oxygens (including phenoxy) is 1. The molecule has 0 saturated carbocycles. The van der Waals surface area contributed by atoms with Gasteiger partial charge in [-0.1, -0.05) is 6.92 Å². The lowest BCUT2D eigenvalue weighted by molar-refractivity contribution is 0.0932. The molecule has 0 aliphatic heterocycles. The second-order valence-electron chi connectivity index (χ2n) is 1.65. The highest BCUT2D eigenvalue weighted by molar-refractivity contribution is 8.00. The molecule has 0 heterocycles. The van der Waals surface area contributed by atoms with Crippen LogP contribution in [0.25, 0.3) is 0 Å². The first-order chi connectivity index (χ1) is 3.62. The van der Waals surface area contributed by atoms with Crippen LogP contribution in [0.2, 0.25) is 0 Å². The van der Waals surface area contributed by atoms with Crippen LogP contribution in [0.5, 0.6) is 0 Å². The van der Waals surface area contributed by atoms with Crippen LogP contribution in [-0.4, -0.2) is 17.9 Å². The molecule has 0 aliphatic rings. The highest BCUT2D eigenvalue weighted by Crippen LogP contribution is 2.17. The summed E-state index contributed by atoms with van der Waals surface area (Å²) >= 11 is 1.59. The lowest BCUT2D eigenvalue weighted by atomic mass is 10.7. The van der Waals surface area contributed by atoms with Crippen molar-refractivity contribution in [2.75, 3.05) is 12.9 Å². The third-order valence-electron chi connectivity index (χ3n) is 0.836. The van der Waals surface area contributed by atoms with Gasteiger partial charge < -0.3 is 4.74 Å². The Morgan fingerprint density at radius 3 is 2.38 bits per heavy atom. The molecule has 0 aromatic carbocycles. The van der Waals surface area contributed by atoms with E-state index in [4.69, 9.17) is 10.5 Å². The molecule has 0 spiro atoms. The summed E-state index contributed by atoms with van der Waals surface area (Å²) in [6, 6.07) is 0. The van der Waals surface area contributed by atoms with Gasteiger partial charge >= 0.3 is 0 Å². The smallest absolute Gasteiger partial charge is 0.161 e. The second kappa shape index (κ2) is 3.33. The van der Waals surface area contributed by atoms with Crippen molar-refractivity contribution in [3.8, 4) is 0 Å². The van der Waals surface area contributed by atoms with Crippen molar-refractivity contribution in [3.05, 3.63) is 0 Å². The molecule has 0 bridgehead atoms. The number of methoxy groups -OCH3 is 1. The van der Waals surface area contributed by atoms with Crippen molar-refractivity contribution in [1.82, 2.24) is 0 Å². The SMILES string of the molecule is CCSC(C)(N)OC. The highest BCUT2D eigenvalue weighted by Gasteiger charge is 2.14. The summed E-state index contributed by atoms with van der Waals surface area (Å²) in [5.74, 6) is 0.987. The van der Waals surface area contributed by atoms with Gasteiger partial charge in [0.2, 0.25) is 0 Å². The predicted octanol–water partition coefficient (Wildman–Crippen LogP) is 1.02. The van der Waals surface area contributed by atoms with E-state index in [2.05, 4.69) is 6.92 Å². The Balaban J connectivity index is 3.37. The molecular weight excluding hydrogens is 122 g/mol. The van der Waals surface area contributed by atoms with Crippen molar-refractivity contribution >= 4 is 11.8 Å². The van der Waals surface area contributed by atoms with Crippen LogP contribution in [0.15, 0.2) is 0 Å². The molecule has 50 valence electrons. The molecule has 0 fully saturated rings. The van der Waals surface area contributed by atoms with E-state index >= 15 is 0 Å². The van der Waals surface area contributed by atoms with Crippen molar-refractivity contribution < 1.29 is 4.74 Å².